The smallest absolute Gasteiger partial charge is 0.122 e. The number of hydroxylamine groups is 2. The number of benzene rings is 1. The molecule has 0 spiro atoms. The maximum Gasteiger partial charge on any atom is 0.122 e. The third-order valence-electron chi connectivity index (χ3n) is 6.03. The fourth-order valence-electron chi connectivity index (χ4n) is 4.88. The molecule has 0 radical (unpaired) electrons. The lowest BCUT2D eigenvalue weighted by Gasteiger charge is -2.41. The molecule has 1 aromatic carbocycles. The van der Waals surface area contributed by atoms with Crippen LogP contribution in [0.15, 0.2) is 18.2 Å². The lowest BCUT2D eigenvalue weighted by Crippen LogP contribution is -2.45. The highest BCUT2D eigenvalue weighted by Crippen LogP contribution is 2.52. The van der Waals surface area contributed by atoms with Crippen molar-refractivity contribution in [1.29, 1.82) is 5.26 Å². The summed E-state index contributed by atoms with van der Waals surface area (Å²) in [5.41, 5.74) is 1.71. The van der Waals surface area contributed by atoms with Crippen LogP contribution in [0.3, 0.4) is 0 Å². The number of fused-ring (bicyclic) bond motifs is 1. The zero-order valence-electron chi connectivity index (χ0n) is 16.2. The molecule has 136 valence electrons. The van der Waals surface area contributed by atoms with E-state index in [0.29, 0.717) is 35.4 Å². The number of hydrogen-bond acceptors (Lipinski definition) is 4. The van der Waals surface area contributed by atoms with Gasteiger partial charge >= 0.3 is 0 Å². The Labute approximate surface area is 151 Å². The average Bonchev–Trinajstić information content (AvgIpc) is 2.86. The summed E-state index contributed by atoms with van der Waals surface area (Å²) < 4.78 is 5.60. The Morgan fingerprint density at radius 2 is 2.04 bits per heavy atom. The predicted molar refractivity (Wildman–Crippen MR) is 98.3 cm³/mol. The first-order valence-electron chi connectivity index (χ1n) is 9.34. The molecule has 0 aromatic heterocycles. The fraction of sp³-hybridized carbons (Fsp3) is 0.667. The predicted octanol–water partition coefficient (Wildman–Crippen LogP) is 4.50. The van der Waals surface area contributed by atoms with Crippen molar-refractivity contribution in [3.05, 3.63) is 29.3 Å². The molecule has 1 aliphatic carbocycles. The van der Waals surface area contributed by atoms with Crippen LogP contribution in [0.5, 0.6) is 5.75 Å². The summed E-state index contributed by atoms with van der Waals surface area (Å²) in [5, 5.41) is 11.5. The van der Waals surface area contributed by atoms with Crippen molar-refractivity contribution >= 4 is 0 Å². The van der Waals surface area contributed by atoms with Gasteiger partial charge in [0.1, 0.15) is 5.75 Å². The maximum atomic E-state index is 9.29. The van der Waals surface area contributed by atoms with E-state index in [-0.39, 0.29) is 5.60 Å². The molecule has 4 atom stereocenters. The van der Waals surface area contributed by atoms with E-state index in [1.807, 2.05) is 18.2 Å². The molecule has 25 heavy (non-hydrogen) atoms. The molecule has 1 aliphatic heterocycles. The molecule has 1 saturated carbocycles. The van der Waals surface area contributed by atoms with E-state index in [9.17, 15) is 5.26 Å². The van der Waals surface area contributed by atoms with Crippen molar-refractivity contribution in [2.24, 2.45) is 11.8 Å². The van der Waals surface area contributed by atoms with Crippen molar-refractivity contribution in [3.8, 4) is 11.8 Å². The van der Waals surface area contributed by atoms with Crippen molar-refractivity contribution in [2.75, 3.05) is 7.11 Å². The van der Waals surface area contributed by atoms with Gasteiger partial charge in [-0.1, -0.05) is 6.92 Å². The summed E-state index contributed by atoms with van der Waals surface area (Å²) in [7, 11) is 1.71. The molecule has 0 bridgehead atoms. The molecule has 4 heteroatoms. The Morgan fingerprint density at radius 3 is 2.64 bits per heavy atom. The minimum Gasteiger partial charge on any atom is -0.496 e. The van der Waals surface area contributed by atoms with E-state index < -0.39 is 0 Å². The number of ether oxygens (including phenoxy) is 1. The highest BCUT2D eigenvalue weighted by Gasteiger charge is 2.54. The van der Waals surface area contributed by atoms with Gasteiger partial charge in [-0.05, 0) is 76.1 Å². The lowest BCUT2D eigenvalue weighted by molar-refractivity contribution is -0.215. The second-order valence-electron chi connectivity index (χ2n) is 8.46. The van der Waals surface area contributed by atoms with E-state index in [0.717, 1.165) is 18.6 Å². The molecule has 0 N–H and O–H groups in total. The first kappa shape index (κ1) is 18.2. The lowest BCUT2D eigenvalue weighted by atomic mass is 9.65. The van der Waals surface area contributed by atoms with E-state index in [1.165, 1.54) is 5.56 Å². The minimum absolute atomic E-state index is 0.165. The number of nitriles is 1. The maximum absolute atomic E-state index is 9.29. The highest BCUT2D eigenvalue weighted by atomic mass is 16.7. The molecular formula is C21H30N2O2. The summed E-state index contributed by atoms with van der Waals surface area (Å²) in [6, 6.07) is 8.88. The van der Waals surface area contributed by atoms with Gasteiger partial charge in [-0.3, -0.25) is 4.84 Å². The van der Waals surface area contributed by atoms with Gasteiger partial charge in [0.25, 0.3) is 0 Å². The van der Waals surface area contributed by atoms with Gasteiger partial charge in [-0.15, -0.1) is 0 Å². The van der Waals surface area contributed by atoms with E-state index in [2.05, 4.69) is 45.8 Å². The number of nitrogens with zero attached hydrogens (tertiary/aromatic N) is 2. The van der Waals surface area contributed by atoms with E-state index in [1.54, 1.807) is 7.11 Å². The van der Waals surface area contributed by atoms with Gasteiger partial charge in [0.05, 0.1) is 24.3 Å². The van der Waals surface area contributed by atoms with Crippen LogP contribution in [-0.4, -0.2) is 29.9 Å². The van der Waals surface area contributed by atoms with Crippen LogP contribution in [0.25, 0.3) is 0 Å². The normalized spacial score (nSPS) is 31.6. The van der Waals surface area contributed by atoms with E-state index >= 15 is 0 Å². The second-order valence-corrected chi connectivity index (χ2v) is 8.46. The largest absolute Gasteiger partial charge is 0.496 e. The van der Waals surface area contributed by atoms with Crippen LogP contribution in [0.4, 0.5) is 0 Å². The topological polar surface area (TPSA) is 45.5 Å². The number of rotatable bonds is 3. The summed E-state index contributed by atoms with van der Waals surface area (Å²) in [5.74, 6) is 2.30. The molecule has 2 aliphatic rings. The van der Waals surface area contributed by atoms with Crippen LogP contribution in [0, 0.1) is 23.2 Å². The minimum atomic E-state index is -0.165. The Morgan fingerprint density at radius 1 is 1.32 bits per heavy atom. The second kappa shape index (κ2) is 6.63. The van der Waals surface area contributed by atoms with Crippen molar-refractivity contribution in [3.63, 3.8) is 0 Å². The summed E-state index contributed by atoms with van der Waals surface area (Å²) >= 11 is 0. The van der Waals surface area contributed by atoms with E-state index in [4.69, 9.17) is 9.57 Å². The number of methoxy groups -OCH3 is 1. The molecule has 1 saturated heterocycles. The molecule has 2 fully saturated rings. The molecule has 1 aromatic rings. The van der Waals surface area contributed by atoms with Gasteiger partial charge in [0.2, 0.25) is 0 Å². The van der Waals surface area contributed by atoms with Gasteiger partial charge in [-0.25, -0.2) is 0 Å². The van der Waals surface area contributed by atoms with Crippen LogP contribution >= 0.6 is 0 Å². The zero-order valence-corrected chi connectivity index (χ0v) is 16.2. The van der Waals surface area contributed by atoms with Crippen LogP contribution in [-0.2, 0) is 4.84 Å². The number of hydrogen-bond donors (Lipinski definition) is 0. The van der Waals surface area contributed by atoms with Crippen LogP contribution in [0.2, 0.25) is 0 Å². The molecule has 0 amide bonds. The standard InChI is InChI=1S/C21H30N2O2/c1-13(2)23-20-14(3)9-16(11-18(20)21(4,5)25-23)17-10-15(12-22)7-8-19(17)24-6/h7-8,10,13-14,16,18,20H,9,11H2,1-6H3. The van der Waals surface area contributed by atoms with Crippen LogP contribution in [0.1, 0.15) is 64.5 Å². The van der Waals surface area contributed by atoms with Gasteiger partial charge < -0.3 is 4.74 Å². The van der Waals surface area contributed by atoms with Gasteiger partial charge in [0, 0.05) is 18.0 Å². The van der Waals surface area contributed by atoms with Crippen molar-refractivity contribution < 1.29 is 9.57 Å². The molecule has 4 nitrogen and oxygen atoms in total. The van der Waals surface area contributed by atoms with Crippen molar-refractivity contribution in [1.82, 2.24) is 5.06 Å². The Bertz CT molecular complexity index is 677. The molecule has 1 heterocycles. The third-order valence-corrected chi connectivity index (χ3v) is 6.03. The first-order valence-corrected chi connectivity index (χ1v) is 9.34. The summed E-state index contributed by atoms with van der Waals surface area (Å²) in [6.45, 7) is 11.2. The van der Waals surface area contributed by atoms with Gasteiger partial charge in [0.15, 0.2) is 0 Å². The Kier molecular flexibility index (Phi) is 4.83. The zero-order chi connectivity index (χ0) is 18.4. The highest BCUT2D eigenvalue weighted by molar-refractivity contribution is 5.44. The average molecular weight is 342 g/mol. The SMILES string of the molecule is COc1ccc(C#N)cc1C1CC(C)C2C(C1)C(C)(C)ON2C(C)C. The first-order chi connectivity index (χ1) is 11.8. The third kappa shape index (κ3) is 3.16. The monoisotopic (exact) mass is 342 g/mol. The van der Waals surface area contributed by atoms with Crippen LogP contribution < -0.4 is 4.74 Å². The van der Waals surface area contributed by atoms with Crippen molar-refractivity contribution in [2.45, 2.75) is 71.1 Å². The fourth-order valence-corrected chi connectivity index (χ4v) is 4.88. The molecular weight excluding hydrogens is 312 g/mol. The molecule has 3 rings (SSSR count). The summed E-state index contributed by atoms with van der Waals surface area (Å²) in [4.78, 5) is 6.36. The molecule has 4 unspecified atom stereocenters. The Balaban J connectivity index is 1.95. The summed E-state index contributed by atoms with van der Waals surface area (Å²) in [6.07, 6.45) is 2.16. The van der Waals surface area contributed by atoms with Gasteiger partial charge in [-0.2, -0.15) is 10.3 Å². The quantitative estimate of drug-likeness (QED) is 0.811. The Hall–Kier alpha value is -1.57.